The summed E-state index contributed by atoms with van der Waals surface area (Å²) in [4.78, 5) is 40.3. The third-order valence-corrected chi connectivity index (χ3v) is 6.85. The van der Waals surface area contributed by atoms with Crippen LogP contribution in [0.5, 0.6) is 5.75 Å². The lowest BCUT2D eigenvalue weighted by Gasteiger charge is -2.37. The van der Waals surface area contributed by atoms with E-state index in [9.17, 15) is 19.5 Å². The third-order valence-electron chi connectivity index (χ3n) is 6.85. The van der Waals surface area contributed by atoms with Crippen LogP contribution >= 0.6 is 0 Å². The third kappa shape index (κ3) is 6.78. The quantitative estimate of drug-likeness (QED) is 0.276. The molecule has 0 aliphatic carbocycles. The van der Waals surface area contributed by atoms with Crippen LogP contribution in [0.2, 0.25) is 0 Å². The van der Waals surface area contributed by atoms with Crippen LogP contribution < -0.4 is 10.1 Å². The van der Waals surface area contributed by atoms with Crippen LogP contribution in [0.1, 0.15) is 53.7 Å². The average Bonchev–Trinajstić information content (AvgIpc) is 3.25. The van der Waals surface area contributed by atoms with Gasteiger partial charge in [0, 0.05) is 49.8 Å². The number of hydrogen-bond acceptors (Lipinski definition) is 6. The maximum Gasteiger partial charge on any atom is 0.254 e. The number of ether oxygens (including phenoxy) is 1. The van der Waals surface area contributed by atoms with Gasteiger partial charge in [-0.1, -0.05) is 26.0 Å². The summed E-state index contributed by atoms with van der Waals surface area (Å²) in [6.07, 6.45) is 0.495. The number of hydrogen-bond donors (Lipinski definition) is 2. The summed E-state index contributed by atoms with van der Waals surface area (Å²) >= 11 is 0. The van der Waals surface area contributed by atoms with Gasteiger partial charge in [0.25, 0.3) is 5.91 Å². The fraction of sp³-hybridized carbons (Fsp3) is 0.464. The Hall–Kier alpha value is -3.11. The Balaban J connectivity index is 1.92. The molecule has 0 bridgehead atoms. The van der Waals surface area contributed by atoms with Crippen LogP contribution in [0.15, 0.2) is 36.4 Å². The van der Waals surface area contributed by atoms with Gasteiger partial charge in [-0.25, -0.2) is 4.39 Å². The number of halogens is 1. The minimum Gasteiger partial charge on any atom is -0.502 e. The van der Waals surface area contributed by atoms with E-state index in [2.05, 4.69) is 19.2 Å². The van der Waals surface area contributed by atoms with Crippen LogP contribution in [0.25, 0.3) is 0 Å². The first-order valence-corrected chi connectivity index (χ1v) is 13.1. The van der Waals surface area contributed by atoms with E-state index in [4.69, 9.17) is 28.3 Å². The number of benzene rings is 2. The minimum absolute atomic E-state index is 0.0183. The zero-order chi connectivity index (χ0) is 29.7. The highest BCUT2D eigenvalue weighted by atomic mass is 19.1. The molecule has 2 N–H and O–H groups in total. The van der Waals surface area contributed by atoms with Gasteiger partial charge in [0.1, 0.15) is 41.4 Å². The van der Waals surface area contributed by atoms with Crippen LogP contribution in [0.4, 0.5) is 4.39 Å². The number of nitrogens with zero attached hydrogens (tertiary/aromatic N) is 2. The van der Waals surface area contributed by atoms with Gasteiger partial charge in [-0.15, -0.1) is 0 Å². The predicted molar refractivity (Wildman–Crippen MR) is 152 cm³/mol. The molecule has 1 unspecified atom stereocenters. The van der Waals surface area contributed by atoms with Gasteiger partial charge in [0.15, 0.2) is 0 Å². The van der Waals surface area contributed by atoms with E-state index in [1.807, 2.05) is 4.90 Å². The standard InChI is InChI=1S/C28H33B3FN3O5/c1-18(2)15-34(11-13-37)16-19-8-9-23(32)22(14-19)28(30,31)40-24-7-4-6-20-21(24)17-35(25(20)38)27(29,10-5-12-36)26(39)33-3/h4,6-9,12,14,18,37H,5,10-11,13,15-17H2,1-3H3,(H,33,39). The summed E-state index contributed by atoms with van der Waals surface area (Å²) in [6.45, 7) is 5.61. The van der Waals surface area contributed by atoms with Crippen molar-refractivity contribution in [1.29, 1.82) is 0 Å². The summed E-state index contributed by atoms with van der Waals surface area (Å²) in [5.41, 5.74) is -0.562. The van der Waals surface area contributed by atoms with E-state index in [-0.39, 0.29) is 42.9 Å². The average molecular weight is 543 g/mol. The number of aliphatic hydroxyl groups excluding tert-OH is 1. The second kappa shape index (κ2) is 13.0. The Labute approximate surface area is 238 Å². The lowest BCUT2D eigenvalue weighted by atomic mass is 9.60. The van der Waals surface area contributed by atoms with Gasteiger partial charge in [-0.2, -0.15) is 0 Å². The number of aliphatic hydroxyl groups is 1. The van der Waals surface area contributed by atoms with E-state index in [1.54, 1.807) is 24.3 Å². The van der Waals surface area contributed by atoms with Crippen molar-refractivity contribution in [2.75, 3.05) is 26.7 Å². The maximum atomic E-state index is 15.0. The highest BCUT2D eigenvalue weighted by Crippen LogP contribution is 2.38. The number of fused-ring (bicyclic) bond motifs is 1. The van der Waals surface area contributed by atoms with E-state index in [1.165, 1.54) is 24.1 Å². The number of amides is 2. The molecule has 3 rings (SSSR count). The van der Waals surface area contributed by atoms with Gasteiger partial charge in [-0.05, 0) is 42.2 Å². The van der Waals surface area contributed by atoms with Crippen molar-refractivity contribution in [3.8, 4) is 5.75 Å². The first-order chi connectivity index (χ1) is 18.9. The number of likely N-dealkylation sites (N-methyl/N-ethyl adjacent to an activating group) is 1. The van der Waals surface area contributed by atoms with Crippen molar-refractivity contribution in [3.63, 3.8) is 0 Å². The SMILES string of the molecule is [B]C([B])(Oc1cccc2c1CN(C([B])(CCC=O)C(=O)NC)C2=O)c1cc(CN(CCO)CC(C)C)ccc1F. The second-order valence-electron chi connectivity index (χ2n) is 10.4. The molecule has 1 atom stereocenters. The molecule has 2 aromatic rings. The molecular formula is C28H33B3FN3O5. The summed E-state index contributed by atoms with van der Waals surface area (Å²) in [6, 6.07) is 9.05. The molecule has 2 aromatic carbocycles. The fourth-order valence-corrected chi connectivity index (χ4v) is 4.95. The molecule has 1 aliphatic heterocycles. The molecular weight excluding hydrogens is 510 g/mol. The molecule has 12 heteroatoms. The number of carbonyl (C=O) groups is 3. The van der Waals surface area contributed by atoms with Crippen molar-refractivity contribution in [2.24, 2.45) is 5.92 Å². The smallest absolute Gasteiger partial charge is 0.254 e. The van der Waals surface area contributed by atoms with Crippen molar-refractivity contribution >= 4 is 41.6 Å². The lowest BCUT2D eigenvalue weighted by molar-refractivity contribution is -0.127. The number of nitrogens with one attached hydrogen (secondary N) is 1. The van der Waals surface area contributed by atoms with Gasteiger partial charge in [0.05, 0.1) is 24.0 Å². The first kappa shape index (κ1) is 31.4. The fourth-order valence-electron chi connectivity index (χ4n) is 4.95. The molecule has 8 nitrogen and oxygen atoms in total. The lowest BCUT2D eigenvalue weighted by Crippen LogP contribution is -2.59. The van der Waals surface area contributed by atoms with Crippen LogP contribution in [-0.4, -0.2) is 88.7 Å². The predicted octanol–water partition coefficient (Wildman–Crippen LogP) is 1.35. The van der Waals surface area contributed by atoms with Crippen molar-refractivity contribution in [1.82, 2.24) is 15.1 Å². The van der Waals surface area contributed by atoms with Gasteiger partial charge in [0.2, 0.25) is 5.91 Å². The van der Waals surface area contributed by atoms with E-state index >= 15 is 4.39 Å². The van der Waals surface area contributed by atoms with Gasteiger partial charge < -0.3 is 24.9 Å². The highest BCUT2D eigenvalue weighted by molar-refractivity contribution is 6.39. The topological polar surface area (TPSA) is 99.2 Å². The van der Waals surface area contributed by atoms with Crippen molar-refractivity contribution in [3.05, 3.63) is 64.5 Å². The Kier molecular flexibility index (Phi) is 10.2. The zero-order valence-corrected chi connectivity index (χ0v) is 23.2. The normalized spacial score (nSPS) is 14.8. The summed E-state index contributed by atoms with van der Waals surface area (Å²) < 4.78 is 21.0. The Morgan fingerprint density at radius 2 is 2.00 bits per heavy atom. The number of aldehydes is 1. The van der Waals surface area contributed by atoms with Crippen LogP contribution in [0.3, 0.4) is 0 Å². The Morgan fingerprint density at radius 1 is 1.27 bits per heavy atom. The molecule has 0 saturated heterocycles. The molecule has 1 aliphatic rings. The summed E-state index contributed by atoms with van der Waals surface area (Å²) in [7, 11) is 20.4. The molecule has 0 spiro atoms. The molecule has 2 amide bonds. The first-order valence-electron chi connectivity index (χ1n) is 13.1. The van der Waals surface area contributed by atoms with Crippen molar-refractivity contribution < 1.29 is 28.6 Å². The van der Waals surface area contributed by atoms with E-state index in [0.29, 0.717) is 30.9 Å². The zero-order valence-electron chi connectivity index (χ0n) is 23.2. The molecule has 40 heavy (non-hydrogen) atoms. The minimum atomic E-state index is -2.12. The van der Waals surface area contributed by atoms with E-state index in [0.717, 1.165) is 12.1 Å². The number of carbonyl (C=O) groups excluding carboxylic acids is 3. The summed E-state index contributed by atoms with van der Waals surface area (Å²) in [5.74, 6) is -1.35. The van der Waals surface area contributed by atoms with Crippen LogP contribution in [0, 0.1) is 11.7 Å². The van der Waals surface area contributed by atoms with Crippen molar-refractivity contribution in [2.45, 2.75) is 50.6 Å². The van der Waals surface area contributed by atoms with E-state index < -0.39 is 28.5 Å². The molecule has 206 valence electrons. The summed E-state index contributed by atoms with van der Waals surface area (Å²) in [5, 5.41) is 9.77. The monoisotopic (exact) mass is 543 g/mol. The molecule has 0 fully saturated rings. The highest BCUT2D eigenvalue weighted by Gasteiger charge is 2.45. The largest absolute Gasteiger partial charge is 0.502 e. The molecule has 6 radical (unpaired) electrons. The van der Waals surface area contributed by atoms with Gasteiger partial charge >= 0.3 is 0 Å². The molecule has 0 aromatic heterocycles. The van der Waals surface area contributed by atoms with Crippen LogP contribution in [-0.2, 0) is 28.1 Å². The molecule has 0 saturated carbocycles. The number of rotatable bonds is 14. The van der Waals surface area contributed by atoms with Gasteiger partial charge in [-0.3, -0.25) is 14.5 Å². The Morgan fingerprint density at radius 3 is 2.62 bits per heavy atom. The Bertz CT molecular complexity index is 1250. The second-order valence-corrected chi connectivity index (χ2v) is 10.4. The molecule has 1 heterocycles. The maximum absolute atomic E-state index is 15.0.